The molecule has 0 spiro atoms. The van der Waals surface area contributed by atoms with Crippen molar-refractivity contribution in [2.24, 2.45) is 0 Å². The smallest absolute Gasteiger partial charge is 0.237 e. The Morgan fingerprint density at radius 3 is 2.64 bits per heavy atom. The van der Waals surface area contributed by atoms with Crippen molar-refractivity contribution in [3.05, 3.63) is 35.9 Å². The second-order valence-corrected chi connectivity index (χ2v) is 6.78. The van der Waals surface area contributed by atoms with Gasteiger partial charge in [-0.25, -0.2) is 0 Å². The second kappa shape index (κ2) is 7.47. The van der Waals surface area contributed by atoms with Crippen LogP contribution in [0, 0.1) is 0 Å². The summed E-state index contributed by atoms with van der Waals surface area (Å²) >= 11 is 5.80. The molecule has 3 rings (SSSR count). The highest BCUT2D eigenvalue weighted by Gasteiger charge is 2.35. The highest BCUT2D eigenvalue weighted by atomic mass is 35.5. The van der Waals surface area contributed by atoms with Crippen molar-refractivity contribution in [2.75, 3.05) is 19.0 Å². The summed E-state index contributed by atoms with van der Waals surface area (Å²) in [7, 11) is 0. The summed E-state index contributed by atoms with van der Waals surface area (Å²) in [6.45, 7) is 2.97. The number of hydrogen-bond acceptors (Lipinski definition) is 2. The van der Waals surface area contributed by atoms with Gasteiger partial charge >= 0.3 is 0 Å². The minimum atomic E-state index is 0.106. The lowest BCUT2D eigenvalue weighted by atomic mass is 10.0. The number of benzene rings is 1. The monoisotopic (exact) mass is 320 g/mol. The largest absolute Gasteiger partial charge is 0.337 e. The molecule has 1 aromatic carbocycles. The average molecular weight is 321 g/mol. The molecule has 0 aromatic heterocycles. The fourth-order valence-electron chi connectivity index (χ4n) is 3.44. The van der Waals surface area contributed by atoms with E-state index in [1.807, 2.05) is 4.90 Å². The molecule has 1 saturated heterocycles. The highest BCUT2D eigenvalue weighted by Crippen LogP contribution is 2.29. The summed E-state index contributed by atoms with van der Waals surface area (Å²) in [6, 6.07) is 11.6. The van der Waals surface area contributed by atoms with Gasteiger partial charge in [0.1, 0.15) is 5.88 Å². The SMILES string of the molecule is O=C(CCl)N(CC1CCCCN1Cc1ccccc1)C1CC1. The maximum absolute atomic E-state index is 12.1. The van der Waals surface area contributed by atoms with Crippen LogP contribution in [0.1, 0.15) is 37.7 Å². The lowest BCUT2D eigenvalue weighted by molar-refractivity contribution is -0.130. The number of carbonyl (C=O) groups is 1. The van der Waals surface area contributed by atoms with Crippen LogP contribution in [0.2, 0.25) is 0 Å². The Labute approximate surface area is 138 Å². The van der Waals surface area contributed by atoms with Gasteiger partial charge in [-0.05, 0) is 37.8 Å². The first-order valence-corrected chi connectivity index (χ1v) is 8.95. The zero-order valence-electron chi connectivity index (χ0n) is 13.1. The van der Waals surface area contributed by atoms with Gasteiger partial charge in [-0.2, -0.15) is 0 Å². The van der Waals surface area contributed by atoms with Crippen molar-refractivity contribution in [1.29, 1.82) is 0 Å². The van der Waals surface area contributed by atoms with Gasteiger partial charge in [0.2, 0.25) is 5.91 Å². The van der Waals surface area contributed by atoms with Crippen molar-refractivity contribution in [3.8, 4) is 0 Å². The molecule has 4 heteroatoms. The van der Waals surface area contributed by atoms with E-state index >= 15 is 0 Å². The van der Waals surface area contributed by atoms with E-state index < -0.39 is 0 Å². The number of amides is 1. The maximum atomic E-state index is 12.1. The first kappa shape index (κ1) is 15.8. The quantitative estimate of drug-likeness (QED) is 0.751. The van der Waals surface area contributed by atoms with E-state index in [2.05, 4.69) is 35.2 Å². The first-order valence-electron chi connectivity index (χ1n) is 8.41. The molecule has 2 fully saturated rings. The molecule has 1 amide bonds. The van der Waals surface area contributed by atoms with Crippen molar-refractivity contribution in [1.82, 2.24) is 9.80 Å². The standard InChI is InChI=1S/C18H25ClN2O/c19-12-18(22)21(16-9-10-16)14-17-8-4-5-11-20(17)13-15-6-2-1-3-7-15/h1-3,6-7,16-17H,4-5,8-14H2. The third-order valence-electron chi connectivity index (χ3n) is 4.81. The van der Waals surface area contributed by atoms with E-state index in [4.69, 9.17) is 11.6 Å². The number of likely N-dealkylation sites (tertiary alicyclic amines) is 1. The number of halogens is 1. The van der Waals surface area contributed by atoms with Crippen LogP contribution in [0.4, 0.5) is 0 Å². The van der Waals surface area contributed by atoms with Gasteiger partial charge in [-0.15, -0.1) is 11.6 Å². The van der Waals surface area contributed by atoms with Gasteiger partial charge in [-0.3, -0.25) is 9.69 Å². The summed E-state index contributed by atoms with van der Waals surface area (Å²) in [5.74, 6) is 0.219. The second-order valence-electron chi connectivity index (χ2n) is 6.52. The van der Waals surface area contributed by atoms with Gasteiger partial charge < -0.3 is 4.90 Å². The average Bonchev–Trinajstić information content (AvgIpc) is 3.39. The summed E-state index contributed by atoms with van der Waals surface area (Å²) < 4.78 is 0. The van der Waals surface area contributed by atoms with Gasteiger partial charge in [-0.1, -0.05) is 36.8 Å². The molecular formula is C18H25ClN2O. The normalized spacial score (nSPS) is 22.5. The Morgan fingerprint density at radius 1 is 1.18 bits per heavy atom. The Balaban J connectivity index is 1.65. The van der Waals surface area contributed by atoms with Crippen LogP contribution in [0.3, 0.4) is 0 Å². The molecule has 1 heterocycles. The fraction of sp³-hybridized carbons (Fsp3) is 0.611. The Hall–Kier alpha value is -1.06. The molecular weight excluding hydrogens is 296 g/mol. The van der Waals surface area contributed by atoms with Crippen LogP contribution in [-0.4, -0.2) is 46.8 Å². The topological polar surface area (TPSA) is 23.6 Å². The molecule has 1 aliphatic carbocycles. The van der Waals surface area contributed by atoms with Crippen molar-refractivity contribution in [2.45, 2.75) is 50.7 Å². The minimum absolute atomic E-state index is 0.106. The first-order chi connectivity index (χ1) is 10.8. The number of hydrogen-bond donors (Lipinski definition) is 0. The minimum Gasteiger partial charge on any atom is -0.337 e. The molecule has 1 aromatic rings. The van der Waals surface area contributed by atoms with Crippen LogP contribution in [0.25, 0.3) is 0 Å². The molecule has 1 saturated carbocycles. The highest BCUT2D eigenvalue weighted by molar-refractivity contribution is 6.27. The molecule has 2 aliphatic rings. The Bertz CT molecular complexity index is 489. The molecule has 22 heavy (non-hydrogen) atoms. The molecule has 0 N–H and O–H groups in total. The lowest BCUT2D eigenvalue weighted by Crippen LogP contribution is -2.49. The van der Waals surface area contributed by atoms with Crippen LogP contribution in [-0.2, 0) is 11.3 Å². The van der Waals surface area contributed by atoms with Gasteiger partial charge in [0.25, 0.3) is 0 Å². The number of alkyl halides is 1. The van der Waals surface area contributed by atoms with Gasteiger partial charge in [0.15, 0.2) is 0 Å². The van der Waals surface area contributed by atoms with Gasteiger partial charge in [0, 0.05) is 25.2 Å². The van der Waals surface area contributed by atoms with E-state index in [9.17, 15) is 4.79 Å². The molecule has 1 unspecified atom stereocenters. The third kappa shape index (κ3) is 4.02. The molecule has 120 valence electrons. The zero-order valence-corrected chi connectivity index (χ0v) is 13.8. The summed E-state index contributed by atoms with van der Waals surface area (Å²) in [6.07, 6.45) is 6.01. The number of piperidine rings is 1. The van der Waals surface area contributed by atoms with Gasteiger partial charge in [0.05, 0.1) is 0 Å². The Morgan fingerprint density at radius 2 is 1.95 bits per heavy atom. The maximum Gasteiger partial charge on any atom is 0.237 e. The van der Waals surface area contributed by atoms with Crippen LogP contribution >= 0.6 is 11.6 Å². The molecule has 1 atom stereocenters. The third-order valence-corrected chi connectivity index (χ3v) is 5.04. The van der Waals surface area contributed by atoms with Crippen molar-refractivity contribution >= 4 is 17.5 Å². The summed E-state index contributed by atoms with van der Waals surface area (Å²) in [5.41, 5.74) is 1.36. The zero-order chi connectivity index (χ0) is 15.4. The fourth-order valence-corrected chi connectivity index (χ4v) is 3.59. The lowest BCUT2D eigenvalue weighted by Gasteiger charge is -2.39. The van der Waals surface area contributed by atoms with E-state index in [1.165, 1.54) is 24.8 Å². The molecule has 3 nitrogen and oxygen atoms in total. The van der Waals surface area contributed by atoms with Crippen LogP contribution in [0.5, 0.6) is 0 Å². The predicted molar refractivity (Wildman–Crippen MR) is 89.9 cm³/mol. The van der Waals surface area contributed by atoms with Crippen LogP contribution < -0.4 is 0 Å². The van der Waals surface area contributed by atoms with Crippen molar-refractivity contribution in [3.63, 3.8) is 0 Å². The Kier molecular flexibility index (Phi) is 5.37. The van der Waals surface area contributed by atoms with Crippen LogP contribution in [0.15, 0.2) is 30.3 Å². The van der Waals surface area contributed by atoms with E-state index in [1.54, 1.807) is 0 Å². The van der Waals surface area contributed by atoms with E-state index in [-0.39, 0.29) is 11.8 Å². The van der Waals surface area contributed by atoms with E-state index in [0.29, 0.717) is 12.1 Å². The number of nitrogens with zero attached hydrogens (tertiary/aromatic N) is 2. The molecule has 1 aliphatic heterocycles. The summed E-state index contributed by atoms with van der Waals surface area (Å²) in [5, 5.41) is 0. The predicted octanol–water partition coefficient (Wildman–Crippen LogP) is 3.27. The number of carbonyl (C=O) groups excluding carboxylic acids is 1. The van der Waals surface area contributed by atoms with Crippen molar-refractivity contribution < 1.29 is 4.79 Å². The van der Waals surface area contributed by atoms with E-state index in [0.717, 1.165) is 32.5 Å². The molecule has 0 radical (unpaired) electrons. The summed E-state index contributed by atoms with van der Waals surface area (Å²) in [4.78, 5) is 16.7. The number of rotatable bonds is 6. The molecule has 0 bridgehead atoms.